The van der Waals surface area contributed by atoms with Crippen molar-refractivity contribution in [2.45, 2.75) is 24.0 Å². The van der Waals surface area contributed by atoms with E-state index < -0.39 is 23.7 Å². The summed E-state index contributed by atoms with van der Waals surface area (Å²) in [5.41, 5.74) is 6.16. The molecule has 1 aliphatic carbocycles. The summed E-state index contributed by atoms with van der Waals surface area (Å²) in [6.07, 6.45) is -0.743. The molecular formula is C38H33NO5. The van der Waals surface area contributed by atoms with Crippen molar-refractivity contribution in [2.75, 3.05) is 13.2 Å². The van der Waals surface area contributed by atoms with Crippen LogP contribution in [0, 0.1) is 0 Å². The van der Waals surface area contributed by atoms with Crippen molar-refractivity contribution in [3.8, 4) is 11.1 Å². The molecule has 44 heavy (non-hydrogen) atoms. The Kier molecular flexibility index (Phi) is 8.52. The SMILES string of the molecule is O=C(N[C@H](CCOC(c1ccccc1)(c1ccccc1)c1ccccc1)C(=O)O)OCC1c2ccccc2-c2ccccc21. The molecule has 0 radical (unpaired) electrons. The summed E-state index contributed by atoms with van der Waals surface area (Å²) in [5, 5.41) is 12.6. The van der Waals surface area contributed by atoms with Gasteiger partial charge in [-0.1, -0.05) is 140 Å². The molecule has 6 heteroatoms. The van der Waals surface area contributed by atoms with E-state index in [1.54, 1.807) is 0 Å². The number of fused-ring (bicyclic) bond motifs is 3. The molecule has 6 nitrogen and oxygen atoms in total. The van der Waals surface area contributed by atoms with E-state index in [1.165, 1.54) is 0 Å². The minimum absolute atomic E-state index is 0.0355. The van der Waals surface area contributed by atoms with Crippen LogP contribution in [0.1, 0.15) is 40.2 Å². The van der Waals surface area contributed by atoms with E-state index in [2.05, 4.69) is 17.4 Å². The normalized spacial score (nSPS) is 13.0. The van der Waals surface area contributed by atoms with Gasteiger partial charge in [0.1, 0.15) is 18.2 Å². The molecule has 0 unspecified atom stereocenters. The molecule has 1 amide bonds. The largest absolute Gasteiger partial charge is 0.480 e. The van der Waals surface area contributed by atoms with Crippen molar-refractivity contribution in [1.29, 1.82) is 0 Å². The highest BCUT2D eigenvalue weighted by molar-refractivity contribution is 5.81. The van der Waals surface area contributed by atoms with E-state index in [0.29, 0.717) is 0 Å². The quantitative estimate of drug-likeness (QED) is 0.159. The molecule has 5 aromatic rings. The fourth-order valence-corrected chi connectivity index (χ4v) is 6.14. The van der Waals surface area contributed by atoms with Crippen LogP contribution in [0.25, 0.3) is 11.1 Å². The summed E-state index contributed by atoms with van der Waals surface area (Å²) in [7, 11) is 0. The van der Waals surface area contributed by atoms with Gasteiger partial charge in [0.2, 0.25) is 0 Å². The second kappa shape index (κ2) is 13.0. The third-order valence-corrected chi connectivity index (χ3v) is 8.20. The molecule has 0 heterocycles. The molecule has 0 spiro atoms. The number of alkyl carbamates (subject to hydrolysis) is 1. The van der Waals surface area contributed by atoms with Crippen LogP contribution in [0.5, 0.6) is 0 Å². The minimum Gasteiger partial charge on any atom is -0.480 e. The van der Waals surface area contributed by atoms with Crippen LogP contribution in [0.15, 0.2) is 140 Å². The summed E-state index contributed by atoms with van der Waals surface area (Å²) >= 11 is 0. The summed E-state index contributed by atoms with van der Waals surface area (Å²) in [6, 6.07) is 44.5. The van der Waals surface area contributed by atoms with E-state index >= 15 is 0 Å². The molecule has 0 aliphatic heterocycles. The number of benzene rings is 5. The standard InChI is InChI=1S/C38H33NO5/c40-36(41)35(39-37(42)43-26-34-32-22-12-10-20-30(32)31-21-11-13-23-33(31)34)24-25-44-38(27-14-4-1-5-15-27,28-16-6-2-7-17-28)29-18-8-3-9-19-29/h1-23,34-35H,24-26H2,(H,39,42)(H,40,41)/t35-/m1/s1. The Morgan fingerprint density at radius 3 is 1.55 bits per heavy atom. The van der Waals surface area contributed by atoms with Crippen LogP contribution >= 0.6 is 0 Å². The number of hydrogen-bond acceptors (Lipinski definition) is 4. The molecule has 0 fully saturated rings. The lowest BCUT2D eigenvalue weighted by Gasteiger charge is -2.36. The first kappa shape index (κ1) is 28.9. The van der Waals surface area contributed by atoms with Gasteiger partial charge in [-0.15, -0.1) is 0 Å². The van der Waals surface area contributed by atoms with Gasteiger partial charge in [0.25, 0.3) is 0 Å². The number of carboxylic acid groups (broad SMARTS) is 1. The average Bonchev–Trinajstić information content (AvgIpc) is 3.40. The number of nitrogens with one attached hydrogen (secondary N) is 1. The highest BCUT2D eigenvalue weighted by Gasteiger charge is 2.38. The van der Waals surface area contributed by atoms with E-state index in [-0.39, 0.29) is 25.6 Å². The number of carboxylic acids is 1. The maximum absolute atomic E-state index is 12.9. The van der Waals surface area contributed by atoms with Gasteiger partial charge in [0.05, 0.1) is 6.61 Å². The summed E-state index contributed by atoms with van der Waals surface area (Å²) in [5.74, 6) is -1.28. The summed E-state index contributed by atoms with van der Waals surface area (Å²) in [4.78, 5) is 25.2. The Bertz CT molecular complexity index is 1580. The molecule has 0 saturated carbocycles. The minimum atomic E-state index is -1.20. The molecule has 0 saturated heterocycles. The van der Waals surface area contributed by atoms with Crippen LogP contribution in [0.4, 0.5) is 4.79 Å². The zero-order chi connectivity index (χ0) is 30.4. The molecule has 0 bridgehead atoms. The lowest BCUT2D eigenvalue weighted by atomic mass is 9.80. The van der Waals surface area contributed by atoms with Crippen LogP contribution < -0.4 is 5.32 Å². The van der Waals surface area contributed by atoms with Gasteiger partial charge in [-0.3, -0.25) is 0 Å². The van der Waals surface area contributed by atoms with Crippen LogP contribution in [-0.2, 0) is 19.9 Å². The van der Waals surface area contributed by atoms with Crippen LogP contribution in [-0.4, -0.2) is 36.4 Å². The Hall–Kier alpha value is -5.20. The van der Waals surface area contributed by atoms with Crippen molar-refractivity contribution in [3.05, 3.63) is 167 Å². The number of carbonyl (C=O) groups excluding carboxylic acids is 1. The predicted molar refractivity (Wildman–Crippen MR) is 169 cm³/mol. The highest BCUT2D eigenvalue weighted by atomic mass is 16.5. The van der Waals surface area contributed by atoms with Crippen LogP contribution in [0.3, 0.4) is 0 Å². The predicted octanol–water partition coefficient (Wildman–Crippen LogP) is 7.38. The molecule has 1 aliphatic rings. The first-order valence-electron chi connectivity index (χ1n) is 14.7. The van der Waals surface area contributed by atoms with Crippen molar-refractivity contribution in [3.63, 3.8) is 0 Å². The van der Waals surface area contributed by atoms with Gasteiger partial charge in [0, 0.05) is 12.3 Å². The van der Waals surface area contributed by atoms with Gasteiger partial charge >= 0.3 is 12.1 Å². The van der Waals surface area contributed by atoms with Crippen molar-refractivity contribution >= 4 is 12.1 Å². The maximum Gasteiger partial charge on any atom is 0.407 e. The number of ether oxygens (including phenoxy) is 2. The van der Waals surface area contributed by atoms with E-state index in [9.17, 15) is 14.7 Å². The lowest BCUT2D eigenvalue weighted by Crippen LogP contribution is -2.43. The zero-order valence-electron chi connectivity index (χ0n) is 24.1. The smallest absolute Gasteiger partial charge is 0.407 e. The van der Waals surface area contributed by atoms with Gasteiger partial charge < -0.3 is 19.9 Å². The number of carbonyl (C=O) groups is 2. The lowest BCUT2D eigenvalue weighted by molar-refractivity contribution is -0.140. The molecule has 6 rings (SSSR count). The molecule has 220 valence electrons. The first-order chi connectivity index (χ1) is 21.6. The molecule has 0 aromatic heterocycles. The number of hydrogen-bond donors (Lipinski definition) is 2. The van der Waals surface area contributed by atoms with Gasteiger partial charge in [0.15, 0.2) is 0 Å². The monoisotopic (exact) mass is 583 g/mol. The second-order valence-corrected chi connectivity index (χ2v) is 10.8. The van der Waals surface area contributed by atoms with E-state index in [4.69, 9.17) is 9.47 Å². The summed E-state index contributed by atoms with van der Waals surface area (Å²) in [6.45, 7) is 0.154. The third kappa shape index (κ3) is 5.72. The Balaban J connectivity index is 1.17. The molecule has 5 aromatic carbocycles. The van der Waals surface area contributed by atoms with Crippen molar-refractivity contribution in [2.24, 2.45) is 0 Å². The van der Waals surface area contributed by atoms with E-state index in [1.807, 2.05) is 127 Å². The topological polar surface area (TPSA) is 84.9 Å². The van der Waals surface area contributed by atoms with Gasteiger partial charge in [-0.2, -0.15) is 0 Å². The average molecular weight is 584 g/mol. The molecule has 1 atom stereocenters. The van der Waals surface area contributed by atoms with Gasteiger partial charge in [-0.25, -0.2) is 9.59 Å². The number of rotatable bonds is 11. The highest BCUT2D eigenvalue weighted by Crippen LogP contribution is 2.44. The van der Waals surface area contributed by atoms with Crippen LogP contribution in [0.2, 0.25) is 0 Å². The second-order valence-electron chi connectivity index (χ2n) is 10.8. The molecular weight excluding hydrogens is 550 g/mol. The Morgan fingerprint density at radius 1 is 0.659 bits per heavy atom. The summed E-state index contributed by atoms with van der Waals surface area (Å²) < 4.78 is 12.3. The zero-order valence-corrected chi connectivity index (χ0v) is 24.1. The molecule has 2 N–H and O–H groups in total. The van der Waals surface area contributed by atoms with Crippen molar-refractivity contribution < 1.29 is 24.2 Å². The number of amides is 1. The number of aliphatic carboxylic acids is 1. The third-order valence-electron chi connectivity index (χ3n) is 8.20. The Labute approximate surface area is 256 Å². The first-order valence-corrected chi connectivity index (χ1v) is 14.7. The maximum atomic E-state index is 12.9. The van der Waals surface area contributed by atoms with Gasteiger partial charge in [-0.05, 0) is 38.9 Å². The fourth-order valence-electron chi connectivity index (χ4n) is 6.14. The Morgan fingerprint density at radius 2 is 1.09 bits per heavy atom. The van der Waals surface area contributed by atoms with E-state index in [0.717, 1.165) is 38.9 Å². The van der Waals surface area contributed by atoms with Crippen molar-refractivity contribution in [1.82, 2.24) is 5.32 Å². The fraction of sp³-hybridized carbons (Fsp3) is 0.158.